The highest BCUT2D eigenvalue weighted by Gasteiger charge is 2.31. The number of hydrogen-bond donors (Lipinski definition) is 1. The summed E-state index contributed by atoms with van der Waals surface area (Å²) in [6.45, 7) is 7.82. The molecule has 0 aliphatic carbocycles. The van der Waals surface area contributed by atoms with E-state index in [4.69, 9.17) is 0 Å². The highest BCUT2D eigenvalue weighted by molar-refractivity contribution is 7.18. The summed E-state index contributed by atoms with van der Waals surface area (Å²) in [4.78, 5) is 11.4. The summed E-state index contributed by atoms with van der Waals surface area (Å²) in [6, 6.07) is 7.20. The summed E-state index contributed by atoms with van der Waals surface area (Å²) in [5.74, 6) is 1.11. The average Bonchev–Trinajstić information content (AvgIpc) is 3.30. The Bertz CT molecular complexity index is 1120. The molecule has 10 heteroatoms. The standard InChI is InChI=1S/C11H11F3N2.C11H10F3NS/c2*1-6(2)10-15-8-4-3-7(11(12,13)14)5-9(8)16-10/h3-6H,1-2H3,(H,15,16);3-6H,1-2H3. The van der Waals surface area contributed by atoms with E-state index in [0.29, 0.717) is 27.1 Å². The van der Waals surface area contributed by atoms with Crippen LogP contribution in [-0.4, -0.2) is 15.0 Å². The first-order valence-electron chi connectivity index (χ1n) is 9.80. The number of alkyl halides is 6. The Morgan fingerprint density at radius 1 is 0.750 bits per heavy atom. The number of H-pyrrole nitrogens is 1. The number of thiazole rings is 1. The molecule has 0 saturated heterocycles. The number of aromatic amines is 1. The molecule has 2 heterocycles. The van der Waals surface area contributed by atoms with Gasteiger partial charge >= 0.3 is 12.4 Å². The third kappa shape index (κ3) is 5.40. The monoisotopic (exact) mass is 473 g/mol. The van der Waals surface area contributed by atoms with Gasteiger partial charge in [-0.1, -0.05) is 27.7 Å². The zero-order valence-electron chi connectivity index (χ0n) is 17.7. The van der Waals surface area contributed by atoms with Crippen LogP contribution >= 0.6 is 11.3 Å². The predicted octanol–water partition coefficient (Wildman–Crippen LogP) is 8.14. The number of hydrogen-bond acceptors (Lipinski definition) is 3. The molecule has 0 aliphatic heterocycles. The predicted molar refractivity (Wildman–Crippen MR) is 114 cm³/mol. The second kappa shape index (κ2) is 8.73. The Hall–Kier alpha value is -2.62. The van der Waals surface area contributed by atoms with Crippen molar-refractivity contribution in [2.45, 2.75) is 51.9 Å². The highest BCUT2D eigenvalue weighted by Crippen LogP contribution is 2.34. The van der Waals surface area contributed by atoms with E-state index in [-0.39, 0.29) is 11.8 Å². The summed E-state index contributed by atoms with van der Waals surface area (Å²) in [5, 5.41) is 0.870. The minimum absolute atomic E-state index is 0.168. The molecule has 0 fully saturated rings. The number of nitrogens with one attached hydrogen (secondary N) is 1. The molecule has 0 spiro atoms. The SMILES string of the molecule is CC(C)c1nc2ccc(C(F)(F)F)cc2[nH]1.CC(C)c1nc2ccc(C(F)(F)F)cc2s1. The molecule has 0 saturated carbocycles. The van der Waals surface area contributed by atoms with Gasteiger partial charge in [0.2, 0.25) is 0 Å². The third-order valence-electron chi connectivity index (χ3n) is 4.60. The molecular formula is C22H21F6N3S. The first kappa shape index (κ1) is 24.0. The molecule has 4 rings (SSSR count). The second-order valence-electron chi connectivity index (χ2n) is 7.89. The highest BCUT2D eigenvalue weighted by atomic mass is 32.1. The van der Waals surface area contributed by atoms with Crippen LogP contribution in [0.1, 0.15) is 61.5 Å². The van der Waals surface area contributed by atoms with Crippen molar-refractivity contribution in [2.75, 3.05) is 0 Å². The van der Waals surface area contributed by atoms with E-state index in [1.54, 1.807) is 0 Å². The minimum Gasteiger partial charge on any atom is -0.342 e. The molecule has 0 amide bonds. The Morgan fingerprint density at radius 3 is 1.84 bits per heavy atom. The first-order chi connectivity index (χ1) is 14.8. The molecule has 0 aliphatic rings. The van der Waals surface area contributed by atoms with Crippen LogP contribution in [0.15, 0.2) is 36.4 Å². The van der Waals surface area contributed by atoms with Crippen LogP contribution in [0, 0.1) is 0 Å². The van der Waals surface area contributed by atoms with Gasteiger partial charge in [0.25, 0.3) is 0 Å². The lowest BCUT2D eigenvalue weighted by atomic mass is 10.2. The number of fused-ring (bicyclic) bond motifs is 2. The van der Waals surface area contributed by atoms with Gasteiger partial charge in [0.05, 0.1) is 37.4 Å². The molecule has 0 bridgehead atoms. The molecule has 3 nitrogen and oxygen atoms in total. The number of aromatic nitrogens is 3. The van der Waals surface area contributed by atoms with Crippen molar-refractivity contribution in [3.05, 3.63) is 58.4 Å². The molecule has 32 heavy (non-hydrogen) atoms. The van der Waals surface area contributed by atoms with E-state index in [2.05, 4.69) is 15.0 Å². The largest absolute Gasteiger partial charge is 0.416 e. The fourth-order valence-electron chi connectivity index (χ4n) is 2.84. The van der Waals surface area contributed by atoms with Crippen molar-refractivity contribution in [1.29, 1.82) is 0 Å². The Balaban J connectivity index is 0.000000181. The maximum atomic E-state index is 12.5. The number of benzene rings is 2. The topological polar surface area (TPSA) is 41.6 Å². The quantitative estimate of drug-likeness (QED) is 0.299. The van der Waals surface area contributed by atoms with Crippen molar-refractivity contribution in [3.63, 3.8) is 0 Å². The van der Waals surface area contributed by atoms with Gasteiger partial charge in [-0.25, -0.2) is 9.97 Å². The van der Waals surface area contributed by atoms with Crippen LogP contribution in [0.25, 0.3) is 21.3 Å². The van der Waals surface area contributed by atoms with Crippen LogP contribution in [0.3, 0.4) is 0 Å². The molecule has 4 aromatic rings. The van der Waals surface area contributed by atoms with Crippen molar-refractivity contribution < 1.29 is 26.3 Å². The lowest BCUT2D eigenvalue weighted by Gasteiger charge is -2.05. The molecule has 1 N–H and O–H groups in total. The number of imidazole rings is 1. The van der Waals surface area contributed by atoms with E-state index in [1.807, 2.05) is 27.7 Å². The average molecular weight is 473 g/mol. The van der Waals surface area contributed by atoms with E-state index in [9.17, 15) is 26.3 Å². The summed E-state index contributed by atoms with van der Waals surface area (Å²) >= 11 is 1.32. The van der Waals surface area contributed by atoms with Gasteiger partial charge < -0.3 is 4.98 Å². The maximum absolute atomic E-state index is 12.5. The van der Waals surface area contributed by atoms with Gasteiger partial charge in [-0.2, -0.15) is 26.3 Å². The van der Waals surface area contributed by atoms with Gasteiger partial charge in [0.15, 0.2) is 0 Å². The molecule has 0 radical (unpaired) electrons. The fourth-order valence-corrected chi connectivity index (χ4v) is 3.85. The zero-order chi connectivity index (χ0) is 23.8. The van der Waals surface area contributed by atoms with Crippen LogP contribution in [0.2, 0.25) is 0 Å². The second-order valence-corrected chi connectivity index (χ2v) is 8.96. The normalized spacial score (nSPS) is 12.6. The third-order valence-corrected chi connectivity index (χ3v) is 5.92. The minimum atomic E-state index is -4.31. The zero-order valence-corrected chi connectivity index (χ0v) is 18.5. The molecule has 0 unspecified atom stereocenters. The van der Waals surface area contributed by atoms with Crippen LogP contribution in [-0.2, 0) is 12.4 Å². The molecule has 172 valence electrons. The molecule has 2 aromatic carbocycles. The summed E-state index contributed by atoms with van der Waals surface area (Å²) < 4.78 is 75.3. The van der Waals surface area contributed by atoms with Crippen LogP contribution in [0.4, 0.5) is 26.3 Å². The van der Waals surface area contributed by atoms with Gasteiger partial charge in [0.1, 0.15) is 5.82 Å². The van der Waals surface area contributed by atoms with E-state index >= 15 is 0 Å². The van der Waals surface area contributed by atoms with E-state index in [1.165, 1.54) is 29.5 Å². The Morgan fingerprint density at radius 2 is 1.31 bits per heavy atom. The molecular weight excluding hydrogens is 452 g/mol. The van der Waals surface area contributed by atoms with Gasteiger partial charge in [-0.3, -0.25) is 0 Å². The van der Waals surface area contributed by atoms with E-state index in [0.717, 1.165) is 23.2 Å². The Labute approximate surface area is 184 Å². The number of halogens is 6. The fraction of sp³-hybridized carbons (Fsp3) is 0.364. The summed E-state index contributed by atoms with van der Waals surface area (Å²) in [5.41, 5.74) is 0.370. The first-order valence-corrected chi connectivity index (χ1v) is 10.6. The molecule has 0 atom stereocenters. The van der Waals surface area contributed by atoms with Crippen LogP contribution in [0.5, 0.6) is 0 Å². The summed E-state index contributed by atoms with van der Waals surface area (Å²) in [6.07, 6.45) is -8.59. The molecule has 2 aromatic heterocycles. The van der Waals surface area contributed by atoms with Crippen molar-refractivity contribution in [2.24, 2.45) is 0 Å². The van der Waals surface area contributed by atoms with Gasteiger partial charge in [-0.05, 0) is 36.4 Å². The van der Waals surface area contributed by atoms with Crippen molar-refractivity contribution in [1.82, 2.24) is 15.0 Å². The smallest absolute Gasteiger partial charge is 0.342 e. The lowest BCUT2D eigenvalue weighted by molar-refractivity contribution is -0.138. The summed E-state index contributed by atoms with van der Waals surface area (Å²) in [7, 11) is 0. The number of nitrogens with zero attached hydrogens (tertiary/aromatic N) is 2. The maximum Gasteiger partial charge on any atom is 0.416 e. The van der Waals surface area contributed by atoms with Crippen molar-refractivity contribution in [3.8, 4) is 0 Å². The lowest BCUT2D eigenvalue weighted by Crippen LogP contribution is -2.04. The van der Waals surface area contributed by atoms with E-state index < -0.39 is 23.5 Å². The van der Waals surface area contributed by atoms with Crippen molar-refractivity contribution >= 4 is 32.6 Å². The Kier molecular flexibility index (Phi) is 6.55. The van der Waals surface area contributed by atoms with Crippen LogP contribution < -0.4 is 0 Å². The van der Waals surface area contributed by atoms with Gasteiger partial charge in [0, 0.05) is 11.8 Å². The van der Waals surface area contributed by atoms with Gasteiger partial charge in [-0.15, -0.1) is 11.3 Å². The number of rotatable bonds is 2.